The monoisotopic (exact) mass is 258 g/mol. The van der Waals surface area contributed by atoms with Crippen molar-refractivity contribution >= 4 is 0 Å². The third kappa shape index (κ3) is 3.06. The Morgan fingerprint density at radius 3 is 2.05 bits per heavy atom. The standard InChI is InChI=1S/C16H18O3/c1-17-11-14-5-4-13(10-16(14)19-3)12-6-8-15(18-2)9-7-12/h4-10H,11H2,1-3H3. The Balaban J connectivity index is 2.33. The molecule has 2 aromatic rings. The van der Waals surface area contributed by atoms with Gasteiger partial charge in [0, 0.05) is 12.7 Å². The van der Waals surface area contributed by atoms with E-state index in [0.29, 0.717) is 6.61 Å². The van der Waals surface area contributed by atoms with Crippen LogP contribution in [0.5, 0.6) is 11.5 Å². The number of rotatable bonds is 5. The molecule has 0 atom stereocenters. The van der Waals surface area contributed by atoms with Crippen LogP contribution in [0.15, 0.2) is 42.5 Å². The molecular formula is C16H18O3. The third-order valence-corrected chi connectivity index (χ3v) is 3.01. The Hall–Kier alpha value is -2.00. The minimum absolute atomic E-state index is 0.548. The molecule has 3 heteroatoms. The van der Waals surface area contributed by atoms with E-state index in [9.17, 15) is 0 Å². The molecule has 0 spiro atoms. The lowest BCUT2D eigenvalue weighted by molar-refractivity contribution is 0.181. The molecule has 100 valence electrons. The maximum Gasteiger partial charge on any atom is 0.124 e. The summed E-state index contributed by atoms with van der Waals surface area (Å²) in [7, 11) is 5.01. The van der Waals surface area contributed by atoms with Crippen LogP contribution in [0.25, 0.3) is 11.1 Å². The molecule has 0 amide bonds. The van der Waals surface area contributed by atoms with Gasteiger partial charge in [-0.25, -0.2) is 0 Å². The Kier molecular flexibility index (Phi) is 4.42. The second-order valence-electron chi connectivity index (χ2n) is 4.19. The van der Waals surface area contributed by atoms with Crippen molar-refractivity contribution in [1.82, 2.24) is 0 Å². The highest BCUT2D eigenvalue weighted by Gasteiger charge is 2.06. The second-order valence-corrected chi connectivity index (χ2v) is 4.19. The number of hydrogen-bond donors (Lipinski definition) is 0. The van der Waals surface area contributed by atoms with Gasteiger partial charge in [0.2, 0.25) is 0 Å². The zero-order valence-corrected chi connectivity index (χ0v) is 11.5. The minimum atomic E-state index is 0.548. The molecule has 0 aromatic heterocycles. The first-order chi connectivity index (χ1) is 9.28. The average Bonchev–Trinajstić information content (AvgIpc) is 2.48. The van der Waals surface area contributed by atoms with Crippen LogP contribution in [0.2, 0.25) is 0 Å². The lowest BCUT2D eigenvalue weighted by atomic mass is 10.0. The summed E-state index contributed by atoms with van der Waals surface area (Å²) in [5.41, 5.74) is 3.28. The van der Waals surface area contributed by atoms with Crippen molar-refractivity contribution in [3.8, 4) is 22.6 Å². The van der Waals surface area contributed by atoms with Crippen LogP contribution in [0.3, 0.4) is 0 Å². The molecule has 0 aliphatic rings. The molecule has 0 aliphatic heterocycles. The van der Waals surface area contributed by atoms with Gasteiger partial charge in [0.1, 0.15) is 11.5 Å². The summed E-state index contributed by atoms with van der Waals surface area (Å²) in [6.45, 7) is 0.548. The number of benzene rings is 2. The van der Waals surface area contributed by atoms with Crippen LogP contribution in [0, 0.1) is 0 Å². The maximum atomic E-state index is 5.40. The molecule has 0 aliphatic carbocycles. The highest BCUT2D eigenvalue weighted by molar-refractivity contribution is 5.66. The molecule has 2 rings (SSSR count). The molecule has 0 saturated carbocycles. The van der Waals surface area contributed by atoms with Gasteiger partial charge in [-0.05, 0) is 29.3 Å². The van der Waals surface area contributed by atoms with Crippen LogP contribution in [-0.4, -0.2) is 21.3 Å². The maximum absolute atomic E-state index is 5.40. The molecule has 3 nitrogen and oxygen atoms in total. The minimum Gasteiger partial charge on any atom is -0.497 e. The predicted molar refractivity (Wildman–Crippen MR) is 75.7 cm³/mol. The van der Waals surface area contributed by atoms with Crippen molar-refractivity contribution < 1.29 is 14.2 Å². The van der Waals surface area contributed by atoms with Crippen LogP contribution in [-0.2, 0) is 11.3 Å². The van der Waals surface area contributed by atoms with Gasteiger partial charge in [-0.1, -0.05) is 24.3 Å². The van der Waals surface area contributed by atoms with E-state index in [1.54, 1.807) is 21.3 Å². The van der Waals surface area contributed by atoms with E-state index in [1.165, 1.54) is 0 Å². The van der Waals surface area contributed by atoms with E-state index in [0.717, 1.165) is 28.2 Å². The van der Waals surface area contributed by atoms with Crippen molar-refractivity contribution in [2.75, 3.05) is 21.3 Å². The van der Waals surface area contributed by atoms with Crippen LogP contribution >= 0.6 is 0 Å². The first-order valence-electron chi connectivity index (χ1n) is 6.08. The third-order valence-electron chi connectivity index (χ3n) is 3.01. The van der Waals surface area contributed by atoms with Gasteiger partial charge in [-0.2, -0.15) is 0 Å². The summed E-state index contributed by atoms with van der Waals surface area (Å²) in [6.07, 6.45) is 0. The molecule has 19 heavy (non-hydrogen) atoms. The fourth-order valence-corrected chi connectivity index (χ4v) is 1.98. The average molecular weight is 258 g/mol. The molecule has 0 unspecified atom stereocenters. The zero-order valence-electron chi connectivity index (χ0n) is 11.5. The number of ether oxygens (including phenoxy) is 3. The summed E-state index contributed by atoms with van der Waals surface area (Å²) in [5, 5.41) is 0. The highest BCUT2D eigenvalue weighted by Crippen LogP contribution is 2.28. The fourth-order valence-electron chi connectivity index (χ4n) is 1.98. The van der Waals surface area contributed by atoms with E-state index in [1.807, 2.05) is 36.4 Å². The Labute approximate surface area is 113 Å². The van der Waals surface area contributed by atoms with E-state index < -0.39 is 0 Å². The quantitative estimate of drug-likeness (QED) is 0.821. The van der Waals surface area contributed by atoms with Gasteiger partial charge in [0.05, 0.1) is 20.8 Å². The summed E-state index contributed by atoms with van der Waals surface area (Å²) in [6, 6.07) is 14.1. The molecule has 0 N–H and O–H groups in total. The molecule has 0 saturated heterocycles. The van der Waals surface area contributed by atoms with E-state index in [2.05, 4.69) is 6.07 Å². The van der Waals surface area contributed by atoms with Crippen molar-refractivity contribution in [3.05, 3.63) is 48.0 Å². The van der Waals surface area contributed by atoms with Gasteiger partial charge in [0.15, 0.2) is 0 Å². The van der Waals surface area contributed by atoms with Crippen LogP contribution in [0.1, 0.15) is 5.56 Å². The molecule has 0 heterocycles. The number of methoxy groups -OCH3 is 3. The summed E-state index contributed by atoms with van der Waals surface area (Å²) < 4.78 is 15.7. The zero-order chi connectivity index (χ0) is 13.7. The molecule has 0 fully saturated rings. The molecular weight excluding hydrogens is 240 g/mol. The lowest BCUT2D eigenvalue weighted by Gasteiger charge is -2.10. The van der Waals surface area contributed by atoms with E-state index in [4.69, 9.17) is 14.2 Å². The van der Waals surface area contributed by atoms with E-state index >= 15 is 0 Å². The van der Waals surface area contributed by atoms with Crippen molar-refractivity contribution in [1.29, 1.82) is 0 Å². The fraction of sp³-hybridized carbons (Fsp3) is 0.250. The lowest BCUT2D eigenvalue weighted by Crippen LogP contribution is -1.94. The number of hydrogen-bond acceptors (Lipinski definition) is 3. The van der Waals surface area contributed by atoms with Crippen molar-refractivity contribution in [2.45, 2.75) is 6.61 Å². The Bertz CT molecular complexity index is 532. The molecule has 0 radical (unpaired) electrons. The van der Waals surface area contributed by atoms with Crippen molar-refractivity contribution in [3.63, 3.8) is 0 Å². The van der Waals surface area contributed by atoms with Gasteiger partial charge >= 0.3 is 0 Å². The van der Waals surface area contributed by atoms with Gasteiger partial charge < -0.3 is 14.2 Å². The normalized spacial score (nSPS) is 10.3. The summed E-state index contributed by atoms with van der Waals surface area (Å²) >= 11 is 0. The molecule has 2 aromatic carbocycles. The van der Waals surface area contributed by atoms with Crippen molar-refractivity contribution in [2.24, 2.45) is 0 Å². The largest absolute Gasteiger partial charge is 0.497 e. The summed E-state index contributed by atoms with van der Waals surface area (Å²) in [4.78, 5) is 0. The van der Waals surface area contributed by atoms with Crippen LogP contribution in [0.4, 0.5) is 0 Å². The first kappa shape index (κ1) is 13.4. The van der Waals surface area contributed by atoms with Crippen LogP contribution < -0.4 is 9.47 Å². The SMILES string of the molecule is COCc1ccc(-c2ccc(OC)cc2)cc1OC. The first-order valence-corrected chi connectivity index (χ1v) is 6.08. The highest BCUT2D eigenvalue weighted by atomic mass is 16.5. The Morgan fingerprint density at radius 1 is 0.789 bits per heavy atom. The Morgan fingerprint density at radius 2 is 1.47 bits per heavy atom. The van der Waals surface area contributed by atoms with Gasteiger partial charge in [-0.3, -0.25) is 0 Å². The van der Waals surface area contributed by atoms with E-state index in [-0.39, 0.29) is 0 Å². The summed E-state index contributed by atoms with van der Waals surface area (Å²) in [5.74, 6) is 1.70. The second kappa shape index (κ2) is 6.25. The van der Waals surface area contributed by atoms with Gasteiger partial charge in [0.25, 0.3) is 0 Å². The molecule has 0 bridgehead atoms. The van der Waals surface area contributed by atoms with Gasteiger partial charge in [-0.15, -0.1) is 0 Å². The topological polar surface area (TPSA) is 27.7 Å². The predicted octanol–water partition coefficient (Wildman–Crippen LogP) is 3.52. The smallest absolute Gasteiger partial charge is 0.124 e.